The van der Waals surface area contributed by atoms with E-state index >= 15 is 0 Å². The molecule has 0 spiro atoms. The average molecular weight is 141 g/mol. The number of hydrogen-bond donors (Lipinski definition) is 1. The second-order valence-electron chi connectivity index (χ2n) is 1.73. The molecule has 1 heterocycles. The fourth-order valence-electron chi connectivity index (χ4n) is 0.508. The zero-order valence-electron chi connectivity index (χ0n) is 5.03. The molecule has 0 amide bonds. The highest BCUT2D eigenvalue weighted by Gasteiger charge is 1.87. The van der Waals surface area contributed by atoms with Crippen LogP contribution < -0.4 is 4.18 Å². The van der Waals surface area contributed by atoms with Gasteiger partial charge in [-0.05, 0) is 19.1 Å². The van der Waals surface area contributed by atoms with E-state index in [1.165, 1.54) is 0 Å². The number of nitrogens with zero attached hydrogens (tertiary/aromatic N) is 1. The molecule has 2 nitrogen and oxygen atoms in total. The summed E-state index contributed by atoms with van der Waals surface area (Å²) in [4.78, 5) is 3.98. The maximum Gasteiger partial charge on any atom is 0.155 e. The van der Waals surface area contributed by atoms with Gasteiger partial charge >= 0.3 is 0 Å². The Morgan fingerprint density at radius 1 is 1.56 bits per heavy atom. The highest BCUT2D eigenvalue weighted by molar-refractivity contribution is 7.75. The van der Waals surface area contributed by atoms with Crippen LogP contribution in [0.15, 0.2) is 18.3 Å². The van der Waals surface area contributed by atoms with Gasteiger partial charge in [0.15, 0.2) is 5.75 Å². The molecule has 0 aliphatic heterocycles. The molecule has 0 unspecified atom stereocenters. The zero-order chi connectivity index (χ0) is 6.69. The summed E-state index contributed by atoms with van der Waals surface area (Å²) in [6.07, 6.45) is 1.63. The number of rotatable bonds is 1. The van der Waals surface area contributed by atoms with Crippen molar-refractivity contribution >= 4 is 12.9 Å². The molecule has 0 bridgehead atoms. The van der Waals surface area contributed by atoms with E-state index in [1.54, 1.807) is 6.20 Å². The van der Waals surface area contributed by atoms with Crippen LogP contribution in [0.2, 0.25) is 0 Å². The van der Waals surface area contributed by atoms with Gasteiger partial charge in [0.1, 0.15) is 0 Å². The number of hydrogen-bond acceptors (Lipinski definition) is 3. The summed E-state index contributed by atoms with van der Waals surface area (Å²) in [7, 11) is 0. The molecule has 3 heteroatoms. The number of aryl methyl sites for hydroxylation is 1. The van der Waals surface area contributed by atoms with Crippen LogP contribution in [0.1, 0.15) is 5.69 Å². The van der Waals surface area contributed by atoms with Gasteiger partial charge in [0.2, 0.25) is 0 Å². The minimum Gasteiger partial charge on any atom is -0.427 e. The van der Waals surface area contributed by atoms with Gasteiger partial charge in [-0.2, -0.15) is 0 Å². The van der Waals surface area contributed by atoms with E-state index in [0.29, 0.717) is 5.75 Å². The van der Waals surface area contributed by atoms with E-state index in [0.717, 1.165) is 5.69 Å². The molecular weight excluding hydrogens is 134 g/mol. The van der Waals surface area contributed by atoms with E-state index in [1.807, 2.05) is 19.1 Å². The lowest BCUT2D eigenvalue weighted by molar-refractivity contribution is 0.653. The molecule has 0 aliphatic carbocycles. The summed E-state index contributed by atoms with van der Waals surface area (Å²) in [5, 5.41) is 0. The van der Waals surface area contributed by atoms with Crippen molar-refractivity contribution in [3.63, 3.8) is 0 Å². The molecule has 0 aromatic carbocycles. The molecule has 0 saturated carbocycles. The van der Waals surface area contributed by atoms with Crippen LogP contribution in [-0.4, -0.2) is 4.98 Å². The topological polar surface area (TPSA) is 22.1 Å². The van der Waals surface area contributed by atoms with Crippen LogP contribution in [0.25, 0.3) is 0 Å². The molecule has 0 radical (unpaired) electrons. The summed E-state index contributed by atoms with van der Waals surface area (Å²) in [5.74, 6) is 0.670. The quantitative estimate of drug-likeness (QED) is 0.474. The van der Waals surface area contributed by atoms with Gasteiger partial charge in [0, 0.05) is 18.6 Å². The van der Waals surface area contributed by atoms with Gasteiger partial charge in [-0.3, -0.25) is 4.98 Å². The van der Waals surface area contributed by atoms with Crippen LogP contribution >= 0.6 is 12.9 Å². The SMILES string of the molecule is Cc1ccc(OS)cn1. The molecule has 1 aromatic heterocycles. The van der Waals surface area contributed by atoms with Crippen molar-refractivity contribution in [3.05, 3.63) is 24.0 Å². The fourth-order valence-corrected chi connectivity index (χ4v) is 0.616. The van der Waals surface area contributed by atoms with E-state index in [4.69, 9.17) is 0 Å². The molecule has 1 rings (SSSR count). The summed E-state index contributed by atoms with van der Waals surface area (Å²) >= 11 is 3.60. The van der Waals surface area contributed by atoms with E-state index in [9.17, 15) is 0 Å². The summed E-state index contributed by atoms with van der Waals surface area (Å²) in [5.41, 5.74) is 0.976. The first-order valence-corrected chi connectivity index (χ1v) is 2.93. The normalized spacial score (nSPS) is 9.11. The monoisotopic (exact) mass is 141 g/mol. The van der Waals surface area contributed by atoms with Gasteiger partial charge < -0.3 is 4.18 Å². The maximum absolute atomic E-state index is 4.60. The molecule has 0 aliphatic rings. The molecule has 0 saturated heterocycles. The lowest BCUT2D eigenvalue weighted by atomic mass is 10.4. The van der Waals surface area contributed by atoms with Crippen molar-refractivity contribution in [2.45, 2.75) is 6.92 Å². The summed E-state index contributed by atoms with van der Waals surface area (Å²) in [6.45, 7) is 1.92. The molecule has 9 heavy (non-hydrogen) atoms. The van der Waals surface area contributed by atoms with Gasteiger partial charge in [-0.25, -0.2) is 0 Å². The molecule has 48 valence electrons. The lowest BCUT2D eigenvalue weighted by Gasteiger charge is -1.94. The molecule has 0 fully saturated rings. The third kappa shape index (κ3) is 1.61. The molecule has 1 aromatic rings. The first-order chi connectivity index (χ1) is 4.33. The number of pyridine rings is 1. The Bertz CT molecular complexity index is 185. The second kappa shape index (κ2) is 2.73. The Kier molecular flexibility index (Phi) is 1.95. The van der Waals surface area contributed by atoms with Crippen molar-refractivity contribution in [1.82, 2.24) is 4.98 Å². The molecular formula is C6H7NOS. The highest BCUT2D eigenvalue weighted by Crippen LogP contribution is 2.08. The standard InChI is InChI=1S/C6H7NOS/c1-5-2-3-6(8-9)4-7-5/h2-4,9H,1H3. The van der Waals surface area contributed by atoms with Crippen molar-refractivity contribution in [2.24, 2.45) is 0 Å². The number of aromatic nitrogens is 1. The molecule has 0 N–H and O–H groups in total. The van der Waals surface area contributed by atoms with E-state index in [2.05, 4.69) is 22.1 Å². The first-order valence-electron chi connectivity index (χ1n) is 2.57. The van der Waals surface area contributed by atoms with E-state index < -0.39 is 0 Å². The third-order valence-electron chi connectivity index (χ3n) is 0.990. The predicted octanol–water partition coefficient (Wildman–Crippen LogP) is 1.61. The fraction of sp³-hybridized carbons (Fsp3) is 0.167. The Hall–Kier alpha value is -0.700. The minimum atomic E-state index is 0.670. The zero-order valence-corrected chi connectivity index (χ0v) is 5.93. The van der Waals surface area contributed by atoms with Gasteiger partial charge in [-0.1, -0.05) is 0 Å². The Morgan fingerprint density at radius 3 is 2.78 bits per heavy atom. The van der Waals surface area contributed by atoms with Crippen molar-refractivity contribution in [1.29, 1.82) is 0 Å². The Morgan fingerprint density at radius 2 is 2.33 bits per heavy atom. The van der Waals surface area contributed by atoms with Crippen molar-refractivity contribution in [3.8, 4) is 5.75 Å². The predicted molar refractivity (Wildman–Crippen MR) is 38.6 cm³/mol. The smallest absolute Gasteiger partial charge is 0.155 e. The summed E-state index contributed by atoms with van der Waals surface area (Å²) < 4.78 is 4.60. The average Bonchev–Trinajstić information content (AvgIpc) is 1.90. The maximum atomic E-state index is 4.60. The van der Waals surface area contributed by atoms with Crippen LogP contribution in [0.4, 0.5) is 0 Å². The largest absolute Gasteiger partial charge is 0.427 e. The minimum absolute atomic E-state index is 0.670. The highest BCUT2D eigenvalue weighted by atomic mass is 32.1. The van der Waals surface area contributed by atoms with Gasteiger partial charge in [-0.15, -0.1) is 0 Å². The second-order valence-corrected chi connectivity index (χ2v) is 1.91. The first kappa shape index (κ1) is 6.42. The van der Waals surface area contributed by atoms with E-state index in [-0.39, 0.29) is 0 Å². The van der Waals surface area contributed by atoms with Crippen LogP contribution in [0.3, 0.4) is 0 Å². The van der Waals surface area contributed by atoms with Crippen molar-refractivity contribution in [2.75, 3.05) is 0 Å². The Labute approximate surface area is 59.5 Å². The molecule has 0 atom stereocenters. The van der Waals surface area contributed by atoms with Crippen LogP contribution in [-0.2, 0) is 0 Å². The lowest BCUT2D eigenvalue weighted by Crippen LogP contribution is -1.79. The van der Waals surface area contributed by atoms with Gasteiger partial charge in [0.05, 0.1) is 6.20 Å². The van der Waals surface area contributed by atoms with Crippen LogP contribution in [0, 0.1) is 6.92 Å². The van der Waals surface area contributed by atoms with Gasteiger partial charge in [0.25, 0.3) is 0 Å². The van der Waals surface area contributed by atoms with Crippen LogP contribution in [0.5, 0.6) is 5.75 Å². The van der Waals surface area contributed by atoms with Crippen molar-refractivity contribution < 1.29 is 4.18 Å². The summed E-state index contributed by atoms with van der Waals surface area (Å²) in [6, 6.07) is 3.68. The number of thiol groups is 1. The third-order valence-corrected chi connectivity index (χ3v) is 1.20. The Balaban J connectivity index is 2.88.